The molecule has 1 amide bonds. The van der Waals surface area contributed by atoms with Gasteiger partial charge in [0.05, 0.1) is 6.54 Å². The SMILES string of the molecule is Cc1oc(CNC(=O)[C@@H]2Cc3cc(F)ccc3O2)cc1C(=O)O. The highest BCUT2D eigenvalue weighted by molar-refractivity contribution is 5.89. The fourth-order valence-corrected chi connectivity index (χ4v) is 2.49. The topological polar surface area (TPSA) is 88.8 Å². The van der Waals surface area contributed by atoms with Crippen molar-refractivity contribution in [2.75, 3.05) is 0 Å². The van der Waals surface area contributed by atoms with Gasteiger partial charge in [-0.3, -0.25) is 4.79 Å². The second-order valence-corrected chi connectivity index (χ2v) is 5.27. The van der Waals surface area contributed by atoms with Crippen LogP contribution in [0, 0.1) is 12.7 Å². The number of amides is 1. The summed E-state index contributed by atoms with van der Waals surface area (Å²) >= 11 is 0. The monoisotopic (exact) mass is 319 g/mol. The van der Waals surface area contributed by atoms with Crippen molar-refractivity contribution in [1.82, 2.24) is 5.32 Å². The van der Waals surface area contributed by atoms with Gasteiger partial charge in [0.25, 0.3) is 5.91 Å². The zero-order chi connectivity index (χ0) is 16.6. The highest BCUT2D eigenvalue weighted by Crippen LogP contribution is 2.29. The van der Waals surface area contributed by atoms with Crippen LogP contribution in [-0.2, 0) is 17.8 Å². The smallest absolute Gasteiger partial charge is 0.339 e. The molecule has 2 heterocycles. The standard InChI is InChI=1S/C16H14FNO5/c1-8-12(16(20)21)6-11(22-8)7-18-15(19)14-5-9-4-10(17)2-3-13(9)23-14/h2-4,6,14H,5,7H2,1H3,(H,18,19)(H,20,21)/t14-/m0/s1. The molecule has 0 fully saturated rings. The van der Waals surface area contributed by atoms with Crippen molar-refractivity contribution in [2.45, 2.75) is 26.0 Å². The van der Waals surface area contributed by atoms with Crippen LogP contribution in [0.4, 0.5) is 4.39 Å². The van der Waals surface area contributed by atoms with Gasteiger partial charge >= 0.3 is 5.97 Å². The first-order chi connectivity index (χ1) is 10.9. The molecule has 1 aliphatic heterocycles. The van der Waals surface area contributed by atoms with Crippen LogP contribution in [0.2, 0.25) is 0 Å². The van der Waals surface area contributed by atoms with Gasteiger partial charge in [0, 0.05) is 12.0 Å². The Kier molecular flexibility index (Phi) is 3.77. The Bertz CT molecular complexity index is 783. The first-order valence-corrected chi connectivity index (χ1v) is 6.99. The van der Waals surface area contributed by atoms with Gasteiger partial charge in [0.1, 0.15) is 28.7 Å². The van der Waals surface area contributed by atoms with E-state index in [9.17, 15) is 14.0 Å². The lowest BCUT2D eigenvalue weighted by molar-refractivity contribution is -0.127. The van der Waals surface area contributed by atoms with Gasteiger partial charge in [0.15, 0.2) is 6.10 Å². The van der Waals surface area contributed by atoms with Crippen molar-refractivity contribution in [1.29, 1.82) is 0 Å². The molecule has 120 valence electrons. The third-order valence-corrected chi connectivity index (χ3v) is 3.63. The van der Waals surface area contributed by atoms with Crippen molar-refractivity contribution in [2.24, 2.45) is 0 Å². The molecule has 2 N–H and O–H groups in total. The number of fused-ring (bicyclic) bond motifs is 1. The molecule has 0 saturated carbocycles. The van der Waals surface area contributed by atoms with Crippen LogP contribution in [0.3, 0.4) is 0 Å². The third-order valence-electron chi connectivity index (χ3n) is 3.63. The fourth-order valence-electron chi connectivity index (χ4n) is 2.49. The molecule has 1 aliphatic rings. The predicted octanol–water partition coefficient (Wildman–Crippen LogP) is 2.05. The molecular weight excluding hydrogens is 305 g/mol. The molecule has 0 radical (unpaired) electrons. The number of carboxylic acids is 1. The molecule has 3 rings (SSSR count). The second kappa shape index (κ2) is 5.75. The number of ether oxygens (including phenoxy) is 1. The number of nitrogens with one attached hydrogen (secondary N) is 1. The maximum absolute atomic E-state index is 13.1. The van der Waals surface area contributed by atoms with Crippen LogP contribution < -0.4 is 10.1 Å². The molecule has 1 aromatic carbocycles. The molecule has 2 aromatic rings. The highest BCUT2D eigenvalue weighted by Gasteiger charge is 2.29. The Morgan fingerprint density at radius 1 is 1.39 bits per heavy atom. The van der Waals surface area contributed by atoms with E-state index in [-0.39, 0.29) is 36.0 Å². The van der Waals surface area contributed by atoms with E-state index < -0.39 is 12.1 Å². The number of halogens is 1. The molecule has 0 aliphatic carbocycles. The van der Waals surface area contributed by atoms with Crippen LogP contribution in [-0.4, -0.2) is 23.1 Å². The Labute approximate surface area is 130 Å². The summed E-state index contributed by atoms with van der Waals surface area (Å²) in [5, 5.41) is 11.6. The number of carboxylic acid groups (broad SMARTS) is 1. The molecule has 0 saturated heterocycles. The van der Waals surface area contributed by atoms with E-state index in [1.807, 2.05) is 0 Å². The minimum absolute atomic E-state index is 0.0531. The van der Waals surface area contributed by atoms with Crippen molar-refractivity contribution < 1.29 is 28.2 Å². The number of furan rings is 1. The van der Waals surface area contributed by atoms with E-state index in [2.05, 4.69) is 5.32 Å². The second-order valence-electron chi connectivity index (χ2n) is 5.27. The maximum atomic E-state index is 13.1. The molecule has 7 heteroatoms. The Morgan fingerprint density at radius 2 is 2.17 bits per heavy atom. The van der Waals surface area contributed by atoms with Gasteiger partial charge in [-0.15, -0.1) is 0 Å². The van der Waals surface area contributed by atoms with Gasteiger partial charge in [-0.25, -0.2) is 9.18 Å². The molecule has 0 bridgehead atoms. The number of carbonyl (C=O) groups is 2. The Balaban J connectivity index is 1.61. The van der Waals surface area contributed by atoms with Gasteiger partial charge in [-0.2, -0.15) is 0 Å². The number of hydrogen-bond acceptors (Lipinski definition) is 4. The van der Waals surface area contributed by atoms with E-state index in [0.717, 1.165) is 0 Å². The zero-order valence-corrected chi connectivity index (χ0v) is 12.3. The number of hydrogen-bond donors (Lipinski definition) is 2. The van der Waals surface area contributed by atoms with Gasteiger partial charge in [0.2, 0.25) is 0 Å². The van der Waals surface area contributed by atoms with Crippen LogP contribution in [0.15, 0.2) is 28.7 Å². The number of benzene rings is 1. The summed E-state index contributed by atoms with van der Waals surface area (Å²) in [6.45, 7) is 1.59. The van der Waals surface area contributed by atoms with Crippen LogP contribution in [0.5, 0.6) is 5.75 Å². The summed E-state index contributed by atoms with van der Waals surface area (Å²) in [6, 6.07) is 5.49. The van der Waals surface area contributed by atoms with E-state index in [0.29, 0.717) is 17.1 Å². The van der Waals surface area contributed by atoms with Gasteiger partial charge < -0.3 is 19.6 Å². The molecular formula is C16H14FNO5. The first kappa shape index (κ1) is 15.1. The predicted molar refractivity (Wildman–Crippen MR) is 76.8 cm³/mol. The minimum atomic E-state index is -1.08. The van der Waals surface area contributed by atoms with Crippen molar-refractivity contribution in [3.05, 3.63) is 52.7 Å². The molecule has 0 unspecified atom stereocenters. The summed E-state index contributed by atoms with van der Waals surface area (Å²) in [4.78, 5) is 23.0. The van der Waals surface area contributed by atoms with E-state index in [4.69, 9.17) is 14.3 Å². The Hall–Kier alpha value is -2.83. The lowest BCUT2D eigenvalue weighted by atomic mass is 10.1. The van der Waals surface area contributed by atoms with Crippen molar-refractivity contribution >= 4 is 11.9 Å². The van der Waals surface area contributed by atoms with E-state index >= 15 is 0 Å². The fraction of sp³-hybridized carbons (Fsp3) is 0.250. The molecule has 0 spiro atoms. The number of carbonyl (C=O) groups excluding carboxylic acids is 1. The highest BCUT2D eigenvalue weighted by atomic mass is 19.1. The largest absolute Gasteiger partial charge is 0.480 e. The number of rotatable bonds is 4. The zero-order valence-electron chi connectivity index (χ0n) is 12.3. The summed E-state index contributed by atoms with van der Waals surface area (Å²) in [5.41, 5.74) is 0.710. The van der Waals surface area contributed by atoms with E-state index in [1.54, 1.807) is 6.92 Å². The summed E-state index contributed by atoms with van der Waals surface area (Å²) in [6.07, 6.45) is -0.446. The van der Waals surface area contributed by atoms with Gasteiger partial charge in [-0.1, -0.05) is 0 Å². The van der Waals surface area contributed by atoms with Crippen molar-refractivity contribution in [3.63, 3.8) is 0 Å². The summed E-state index contributed by atoms with van der Waals surface area (Å²) in [7, 11) is 0. The first-order valence-electron chi connectivity index (χ1n) is 6.99. The number of aromatic carboxylic acids is 1. The third kappa shape index (κ3) is 3.03. The lowest BCUT2D eigenvalue weighted by Gasteiger charge is -2.10. The molecule has 6 nitrogen and oxygen atoms in total. The summed E-state index contributed by atoms with van der Waals surface area (Å²) < 4.78 is 23.9. The molecule has 23 heavy (non-hydrogen) atoms. The van der Waals surface area contributed by atoms with Gasteiger partial charge in [-0.05, 0) is 31.2 Å². The quantitative estimate of drug-likeness (QED) is 0.900. The Morgan fingerprint density at radius 3 is 2.87 bits per heavy atom. The maximum Gasteiger partial charge on any atom is 0.339 e. The van der Waals surface area contributed by atoms with Crippen molar-refractivity contribution in [3.8, 4) is 5.75 Å². The van der Waals surface area contributed by atoms with Crippen LogP contribution >= 0.6 is 0 Å². The summed E-state index contributed by atoms with van der Waals surface area (Å²) in [5.74, 6) is -0.709. The molecule has 1 aromatic heterocycles. The lowest BCUT2D eigenvalue weighted by Crippen LogP contribution is -2.36. The average molecular weight is 319 g/mol. The number of aryl methyl sites for hydroxylation is 1. The normalized spacial score (nSPS) is 15.8. The molecule has 1 atom stereocenters. The van der Waals surface area contributed by atoms with E-state index in [1.165, 1.54) is 24.3 Å². The average Bonchev–Trinajstić information content (AvgIpc) is 3.07. The minimum Gasteiger partial charge on any atom is -0.480 e. The van der Waals surface area contributed by atoms with Crippen LogP contribution in [0.25, 0.3) is 0 Å². The van der Waals surface area contributed by atoms with Crippen LogP contribution in [0.1, 0.15) is 27.4 Å².